The van der Waals surface area contributed by atoms with E-state index in [1.807, 2.05) is 20.8 Å². The molecule has 1 aliphatic heterocycles. The number of hydrogen-bond donors (Lipinski definition) is 0. The molecule has 176 valence electrons. The van der Waals surface area contributed by atoms with Crippen LogP contribution in [-0.2, 0) is 29.1 Å². The van der Waals surface area contributed by atoms with Gasteiger partial charge in [0.2, 0.25) is 0 Å². The molecule has 1 saturated heterocycles. The van der Waals surface area contributed by atoms with Gasteiger partial charge in [-0.2, -0.15) is 33.3 Å². The van der Waals surface area contributed by atoms with Gasteiger partial charge in [0.05, 0.1) is 11.7 Å². The van der Waals surface area contributed by atoms with E-state index in [2.05, 4.69) is 13.8 Å². The van der Waals surface area contributed by atoms with Crippen molar-refractivity contribution in [2.75, 3.05) is 23.0 Å². The summed E-state index contributed by atoms with van der Waals surface area (Å²) in [6.45, 7) is 10.3. The zero-order valence-electron chi connectivity index (χ0n) is 19.3. The van der Waals surface area contributed by atoms with Crippen molar-refractivity contribution in [1.29, 1.82) is 0 Å². The van der Waals surface area contributed by atoms with Gasteiger partial charge in [-0.05, 0) is 29.8 Å². The second-order valence-corrected chi connectivity index (χ2v) is 11.1. The molecule has 1 unspecified atom stereocenters. The quantitative estimate of drug-likeness (QED) is 0.120. The lowest BCUT2D eigenvalue weighted by Gasteiger charge is -2.27. The molecule has 0 amide bonds. The topological polar surface area (TPSA) is 77.7 Å². The van der Waals surface area contributed by atoms with Crippen molar-refractivity contribution in [1.82, 2.24) is 0 Å². The highest BCUT2D eigenvalue weighted by atomic mass is 32.2. The van der Waals surface area contributed by atoms with E-state index in [1.54, 1.807) is 23.5 Å². The first-order valence-corrected chi connectivity index (χ1v) is 13.5. The Hall–Kier alpha value is -0.440. The van der Waals surface area contributed by atoms with Crippen LogP contribution in [0.25, 0.3) is 0 Å². The van der Waals surface area contributed by atoms with E-state index in [-0.39, 0.29) is 11.3 Å². The lowest BCUT2D eigenvalue weighted by Crippen LogP contribution is -2.35. The number of hydrogen-bond acceptors (Lipinski definition) is 8. The van der Waals surface area contributed by atoms with Gasteiger partial charge in [0.1, 0.15) is 0 Å². The third-order valence-electron chi connectivity index (χ3n) is 4.99. The van der Waals surface area contributed by atoms with Gasteiger partial charge in [-0.1, -0.05) is 73.1 Å². The molecular weight excluding hydrogens is 424 g/mol. The molecule has 0 aromatic heterocycles. The Bertz CT molecular complexity index is 502. The van der Waals surface area contributed by atoms with Gasteiger partial charge < -0.3 is 0 Å². The van der Waals surface area contributed by atoms with E-state index in [9.17, 15) is 9.59 Å². The van der Waals surface area contributed by atoms with Crippen LogP contribution in [0.1, 0.15) is 86.0 Å². The molecule has 0 spiro atoms. The molecule has 1 heterocycles. The van der Waals surface area contributed by atoms with Crippen molar-refractivity contribution in [3.05, 3.63) is 0 Å². The minimum atomic E-state index is -1.43. The number of thioether (sulfide) groups is 2. The number of carbonyl (C=O) groups is 2. The molecule has 1 rings (SSSR count). The first-order valence-electron chi connectivity index (χ1n) is 11.2. The fraction of sp³-hybridized carbons (Fsp3) is 0.909. The summed E-state index contributed by atoms with van der Waals surface area (Å²) in [6.07, 6.45) is 9.46. The van der Waals surface area contributed by atoms with Crippen LogP contribution in [0.5, 0.6) is 0 Å². The molecule has 1 atom stereocenters. The first kappa shape index (κ1) is 27.6. The molecule has 1 fully saturated rings. The van der Waals surface area contributed by atoms with E-state index in [1.165, 1.54) is 38.5 Å². The molecule has 0 bridgehead atoms. The highest BCUT2D eigenvalue weighted by Gasteiger charge is 2.59. The van der Waals surface area contributed by atoms with Gasteiger partial charge in [-0.3, -0.25) is 0 Å². The van der Waals surface area contributed by atoms with Crippen molar-refractivity contribution in [3.63, 3.8) is 0 Å². The molecule has 0 aromatic carbocycles. The minimum Gasteiger partial charge on any atom is -0.247 e. The zero-order valence-corrected chi connectivity index (χ0v) is 21.0. The summed E-state index contributed by atoms with van der Waals surface area (Å²) in [5, 5.41) is 0. The third-order valence-corrected chi connectivity index (χ3v) is 7.29. The third kappa shape index (κ3) is 10.7. The Morgan fingerprint density at radius 1 is 0.867 bits per heavy atom. The summed E-state index contributed by atoms with van der Waals surface area (Å²) < 4.78 is 0. The number of unbranched alkanes of at least 4 members (excludes halogenated alkanes) is 6. The van der Waals surface area contributed by atoms with Gasteiger partial charge >= 0.3 is 17.7 Å². The molecule has 0 saturated carbocycles. The van der Waals surface area contributed by atoms with Gasteiger partial charge in [-0.25, -0.2) is 19.4 Å². The van der Waals surface area contributed by atoms with Crippen LogP contribution in [0.4, 0.5) is 0 Å². The molecule has 0 radical (unpaired) electrons. The van der Waals surface area contributed by atoms with E-state index >= 15 is 0 Å². The Morgan fingerprint density at radius 2 is 1.43 bits per heavy atom. The maximum Gasteiger partial charge on any atom is 0.421 e. The van der Waals surface area contributed by atoms with E-state index in [0.717, 1.165) is 24.3 Å². The molecule has 30 heavy (non-hydrogen) atoms. The molecule has 0 aliphatic carbocycles. The lowest BCUT2D eigenvalue weighted by atomic mass is 9.82. The van der Waals surface area contributed by atoms with Crippen LogP contribution in [0.3, 0.4) is 0 Å². The SMILES string of the molecule is CCCCCCSCC(C(=O)OOC(=O)C1(CSCCCCCC)OO1)C(C)(C)C. The van der Waals surface area contributed by atoms with Crippen LogP contribution < -0.4 is 0 Å². The first-order chi connectivity index (χ1) is 14.3. The van der Waals surface area contributed by atoms with E-state index < -0.39 is 17.7 Å². The second kappa shape index (κ2) is 14.6. The summed E-state index contributed by atoms with van der Waals surface area (Å²) in [7, 11) is 0. The van der Waals surface area contributed by atoms with Gasteiger partial charge in [0.15, 0.2) is 0 Å². The monoisotopic (exact) mass is 464 g/mol. The lowest BCUT2D eigenvalue weighted by molar-refractivity contribution is -0.267. The molecule has 1 aliphatic rings. The fourth-order valence-electron chi connectivity index (χ4n) is 2.77. The summed E-state index contributed by atoms with van der Waals surface area (Å²) in [6, 6.07) is 0. The molecule has 0 aromatic rings. The zero-order chi connectivity index (χ0) is 22.5. The van der Waals surface area contributed by atoms with Crippen molar-refractivity contribution in [2.24, 2.45) is 11.3 Å². The van der Waals surface area contributed by atoms with E-state index in [0.29, 0.717) is 11.5 Å². The highest BCUT2D eigenvalue weighted by molar-refractivity contribution is 7.99. The molecule has 8 heteroatoms. The predicted molar refractivity (Wildman–Crippen MR) is 123 cm³/mol. The van der Waals surface area contributed by atoms with Crippen LogP contribution in [0.2, 0.25) is 0 Å². The summed E-state index contributed by atoms with van der Waals surface area (Å²) in [5.74, 6) is -0.240. The average molecular weight is 465 g/mol. The highest BCUT2D eigenvalue weighted by Crippen LogP contribution is 2.36. The Balaban J connectivity index is 2.36. The van der Waals surface area contributed by atoms with Gasteiger partial charge in [0, 0.05) is 5.75 Å². The minimum absolute atomic E-state index is 0.293. The fourth-order valence-corrected chi connectivity index (χ4v) is 5.25. The second-order valence-electron chi connectivity index (χ2n) is 8.86. The van der Waals surface area contributed by atoms with Gasteiger partial charge in [-0.15, -0.1) is 0 Å². The molecule has 6 nitrogen and oxygen atoms in total. The van der Waals surface area contributed by atoms with Crippen LogP contribution in [0.15, 0.2) is 0 Å². The average Bonchev–Trinajstić information content (AvgIpc) is 3.48. The van der Waals surface area contributed by atoms with Crippen LogP contribution in [0, 0.1) is 11.3 Å². The van der Waals surface area contributed by atoms with Crippen molar-refractivity contribution < 1.29 is 29.1 Å². The molecule has 0 N–H and O–H groups in total. The normalized spacial score (nSPS) is 16.2. The maximum absolute atomic E-state index is 12.6. The van der Waals surface area contributed by atoms with Crippen LogP contribution in [-0.4, -0.2) is 40.7 Å². The van der Waals surface area contributed by atoms with Crippen molar-refractivity contribution >= 4 is 35.5 Å². The van der Waals surface area contributed by atoms with Gasteiger partial charge in [0.25, 0.3) is 0 Å². The summed E-state index contributed by atoms with van der Waals surface area (Å²) in [4.78, 5) is 44.3. The Labute approximate surface area is 190 Å². The van der Waals surface area contributed by atoms with Crippen molar-refractivity contribution in [3.8, 4) is 0 Å². The predicted octanol–water partition coefficient (Wildman–Crippen LogP) is 5.94. The maximum atomic E-state index is 12.6. The summed E-state index contributed by atoms with van der Waals surface area (Å²) >= 11 is 3.31. The standard InChI is InChI=1S/C22H40O6S2/c1-6-8-10-12-14-29-16-18(21(3,4)5)19(23)25-26-20(24)22(27-28-22)17-30-15-13-11-9-7-2/h18H,6-17H2,1-5H3. The Morgan fingerprint density at radius 3 is 1.93 bits per heavy atom. The van der Waals surface area contributed by atoms with Crippen LogP contribution >= 0.6 is 23.5 Å². The Kier molecular flexibility index (Phi) is 13.4. The van der Waals surface area contributed by atoms with E-state index in [4.69, 9.17) is 19.6 Å². The molecular formula is C22H40O6S2. The summed E-state index contributed by atoms with van der Waals surface area (Å²) in [5.41, 5.74) is -0.293. The largest absolute Gasteiger partial charge is 0.421 e. The number of carbonyl (C=O) groups excluding carboxylic acids is 2. The number of rotatable bonds is 16. The van der Waals surface area contributed by atoms with Crippen molar-refractivity contribution in [2.45, 2.75) is 91.8 Å². The smallest absolute Gasteiger partial charge is 0.247 e.